The quantitative estimate of drug-likeness (QED) is 0.758. The van der Waals surface area contributed by atoms with Gasteiger partial charge in [0.2, 0.25) is 0 Å². The summed E-state index contributed by atoms with van der Waals surface area (Å²) in [5.41, 5.74) is 1.09. The zero-order valence-electron chi connectivity index (χ0n) is 10.7. The van der Waals surface area contributed by atoms with E-state index in [1.807, 2.05) is 41.3 Å². The molecule has 0 bridgehead atoms. The molecule has 0 aliphatic carbocycles. The van der Waals surface area contributed by atoms with Gasteiger partial charge in [0, 0.05) is 12.5 Å². The molecule has 1 aromatic carbocycles. The summed E-state index contributed by atoms with van der Waals surface area (Å²) in [5, 5.41) is 9.16. The molecule has 0 heterocycles. The second-order valence-electron chi connectivity index (χ2n) is 4.10. The van der Waals surface area contributed by atoms with Crippen molar-refractivity contribution in [2.75, 3.05) is 13.7 Å². The van der Waals surface area contributed by atoms with E-state index >= 15 is 0 Å². The van der Waals surface area contributed by atoms with Crippen molar-refractivity contribution in [2.24, 2.45) is 5.92 Å². The number of ether oxygens (including phenoxy) is 2. The number of aliphatic hydroxyl groups is 1. The molecule has 0 aromatic heterocycles. The Morgan fingerprint density at radius 2 is 2.00 bits per heavy atom. The molecule has 0 fully saturated rings. The predicted octanol–water partition coefficient (Wildman–Crippen LogP) is 3.16. The Bertz CT molecular complexity index is 362. The SMILES string of the molecule is COc1ccc(CO[C@@H](/C=C/I)[C@@H](C)CO)cc1. The van der Waals surface area contributed by atoms with Gasteiger partial charge in [-0.05, 0) is 27.9 Å². The third kappa shape index (κ3) is 4.96. The van der Waals surface area contributed by atoms with Crippen LogP contribution in [0.4, 0.5) is 0 Å². The molecule has 0 unspecified atom stereocenters. The number of benzene rings is 1. The lowest BCUT2D eigenvalue weighted by molar-refractivity contribution is 0.0197. The first kappa shape index (κ1) is 15.5. The van der Waals surface area contributed by atoms with Gasteiger partial charge in [-0.3, -0.25) is 0 Å². The minimum absolute atomic E-state index is 0.0611. The highest BCUT2D eigenvalue weighted by atomic mass is 127. The second-order valence-corrected chi connectivity index (χ2v) is 4.82. The summed E-state index contributed by atoms with van der Waals surface area (Å²) in [5.74, 6) is 0.931. The normalized spacial score (nSPS) is 14.7. The lowest BCUT2D eigenvalue weighted by Gasteiger charge is -2.19. The van der Waals surface area contributed by atoms with E-state index in [2.05, 4.69) is 22.6 Å². The van der Waals surface area contributed by atoms with Crippen molar-refractivity contribution < 1.29 is 14.6 Å². The Labute approximate surface area is 122 Å². The maximum absolute atomic E-state index is 9.16. The van der Waals surface area contributed by atoms with E-state index in [0.29, 0.717) is 6.61 Å². The monoisotopic (exact) mass is 362 g/mol. The fourth-order valence-corrected chi connectivity index (χ4v) is 1.91. The van der Waals surface area contributed by atoms with Gasteiger partial charge in [-0.15, -0.1) is 0 Å². The molecule has 0 saturated heterocycles. The topological polar surface area (TPSA) is 38.7 Å². The van der Waals surface area contributed by atoms with Crippen LogP contribution >= 0.6 is 22.6 Å². The van der Waals surface area contributed by atoms with Crippen LogP contribution in [0.3, 0.4) is 0 Å². The Morgan fingerprint density at radius 3 is 2.50 bits per heavy atom. The molecular weight excluding hydrogens is 343 g/mol. The Morgan fingerprint density at radius 1 is 1.33 bits per heavy atom. The van der Waals surface area contributed by atoms with Crippen LogP contribution in [0.25, 0.3) is 0 Å². The summed E-state index contributed by atoms with van der Waals surface area (Å²) in [7, 11) is 1.65. The summed E-state index contributed by atoms with van der Waals surface area (Å²) < 4.78 is 12.8. The van der Waals surface area contributed by atoms with Crippen LogP contribution in [-0.4, -0.2) is 24.9 Å². The number of hydrogen-bond acceptors (Lipinski definition) is 3. The van der Waals surface area contributed by atoms with Gasteiger partial charge in [0.1, 0.15) is 5.75 Å². The number of aliphatic hydroxyl groups excluding tert-OH is 1. The van der Waals surface area contributed by atoms with E-state index in [9.17, 15) is 0 Å². The number of methoxy groups -OCH3 is 1. The highest BCUT2D eigenvalue weighted by Gasteiger charge is 2.13. The molecule has 0 radical (unpaired) electrons. The standard InChI is InChI=1S/C14H19IO3/c1-11(9-16)14(7-8-15)18-10-12-3-5-13(17-2)6-4-12/h3-8,11,14,16H,9-10H2,1-2H3/b8-7+/t11-,14-/m0/s1. The van der Waals surface area contributed by atoms with Crippen LogP contribution in [0.2, 0.25) is 0 Å². The fourth-order valence-electron chi connectivity index (χ4n) is 1.50. The van der Waals surface area contributed by atoms with E-state index in [1.54, 1.807) is 7.11 Å². The first-order valence-corrected chi connectivity index (χ1v) is 7.08. The van der Waals surface area contributed by atoms with Crippen LogP contribution in [0, 0.1) is 5.92 Å². The van der Waals surface area contributed by atoms with Gasteiger partial charge in [0.25, 0.3) is 0 Å². The van der Waals surface area contributed by atoms with Gasteiger partial charge in [-0.1, -0.05) is 41.6 Å². The third-order valence-corrected chi connectivity index (χ3v) is 3.13. The van der Waals surface area contributed by atoms with Gasteiger partial charge in [-0.2, -0.15) is 0 Å². The molecule has 4 heteroatoms. The molecule has 100 valence electrons. The van der Waals surface area contributed by atoms with Gasteiger partial charge in [0.15, 0.2) is 0 Å². The van der Waals surface area contributed by atoms with E-state index in [1.165, 1.54) is 0 Å². The second kappa shape index (κ2) is 8.50. The first-order chi connectivity index (χ1) is 8.71. The molecule has 2 atom stereocenters. The van der Waals surface area contributed by atoms with E-state index < -0.39 is 0 Å². The van der Waals surface area contributed by atoms with Crippen LogP contribution in [0.5, 0.6) is 5.75 Å². The van der Waals surface area contributed by atoms with Crippen LogP contribution in [0.1, 0.15) is 12.5 Å². The number of halogens is 1. The Kier molecular flexibility index (Phi) is 7.31. The molecule has 0 amide bonds. The van der Waals surface area contributed by atoms with Gasteiger partial charge in [-0.25, -0.2) is 0 Å². The van der Waals surface area contributed by atoms with Crippen LogP contribution in [-0.2, 0) is 11.3 Å². The van der Waals surface area contributed by atoms with Crippen LogP contribution < -0.4 is 4.74 Å². The lowest BCUT2D eigenvalue weighted by Crippen LogP contribution is -2.22. The molecule has 18 heavy (non-hydrogen) atoms. The van der Waals surface area contributed by atoms with Crippen molar-refractivity contribution in [3.8, 4) is 5.75 Å². The molecule has 3 nitrogen and oxygen atoms in total. The van der Waals surface area contributed by atoms with Crippen molar-refractivity contribution in [1.82, 2.24) is 0 Å². The van der Waals surface area contributed by atoms with Crippen molar-refractivity contribution in [2.45, 2.75) is 19.6 Å². The predicted molar refractivity (Wildman–Crippen MR) is 81.0 cm³/mol. The smallest absolute Gasteiger partial charge is 0.118 e. The number of rotatable bonds is 7. The molecule has 0 saturated carbocycles. The Balaban J connectivity index is 2.55. The molecule has 1 rings (SSSR count). The van der Waals surface area contributed by atoms with Crippen molar-refractivity contribution in [3.05, 3.63) is 40.0 Å². The fraction of sp³-hybridized carbons (Fsp3) is 0.429. The lowest BCUT2D eigenvalue weighted by atomic mass is 10.1. The van der Waals surface area contributed by atoms with Crippen molar-refractivity contribution >= 4 is 22.6 Å². The maximum Gasteiger partial charge on any atom is 0.118 e. The summed E-state index contributed by atoms with van der Waals surface area (Å²) in [6.07, 6.45) is 1.90. The number of hydrogen-bond donors (Lipinski definition) is 1. The summed E-state index contributed by atoms with van der Waals surface area (Å²) >= 11 is 2.16. The summed E-state index contributed by atoms with van der Waals surface area (Å²) in [6, 6.07) is 7.79. The van der Waals surface area contributed by atoms with Crippen molar-refractivity contribution in [1.29, 1.82) is 0 Å². The van der Waals surface area contributed by atoms with Crippen LogP contribution in [0.15, 0.2) is 34.4 Å². The largest absolute Gasteiger partial charge is 0.497 e. The van der Waals surface area contributed by atoms with Crippen molar-refractivity contribution in [3.63, 3.8) is 0 Å². The van der Waals surface area contributed by atoms with Gasteiger partial charge >= 0.3 is 0 Å². The minimum atomic E-state index is -0.0611. The average Bonchev–Trinajstić information content (AvgIpc) is 2.43. The average molecular weight is 362 g/mol. The summed E-state index contributed by atoms with van der Waals surface area (Å²) in [4.78, 5) is 0. The first-order valence-electron chi connectivity index (χ1n) is 5.83. The van der Waals surface area contributed by atoms with E-state index in [-0.39, 0.29) is 18.6 Å². The molecule has 0 aliphatic rings. The van der Waals surface area contributed by atoms with E-state index in [0.717, 1.165) is 11.3 Å². The molecule has 1 aromatic rings. The Hall–Kier alpha value is -0.590. The maximum atomic E-state index is 9.16. The van der Waals surface area contributed by atoms with E-state index in [4.69, 9.17) is 14.6 Å². The molecular formula is C14H19IO3. The highest BCUT2D eigenvalue weighted by molar-refractivity contribution is 14.1. The van der Waals surface area contributed by atoms with Gasteiger partial charge in [0.05, 0.1) is 19.8 Å². The van der Waals surface area contributed by atoms with Gasteiger partial charge < -0.3 is 14.6 Å². The molecule has 1 N–H and O–H groups in total. The molecule has 0 aliphatic heterocycles. The zero-order chi connectivity index (χ0) is 13.4. The highest BCUT2D eigenvalue weighted by Crippen LogP contribution is 2.15. The minimum Gasteiger partial charge on any atom is -0.497 e. The molecule has 0 spiro atoms. The summed E-state index contributed by atoms with van der Waals surface area (Å²) in [6.45, 7) is 2.61. The third-order valence-electron chi connectivity index (χ3n) is 2.71. The zero-order valence-corrected chi connectivity index (χ0v) is 12.8.